The van der Waals surface area contributed by atoms with Crippen LogP contribution in [0.5, 0.6) is 0 Å². The molecule has 3 heteroatoms. The largest absolute Gasteiger partial charge is 0.395 e. The van der Waals surface area contributed by atoms with Crippen molar-refractivity contribution in [3.05, 3.63) is 107 Å². The molecule has 0 aromatic heterocycles. The van der Waals surface area contributed by atoms with Crippen LogP contribution in [0.15, 0.2) is 78.9 Å². The van der Waals surface area contributed by atoms with Crippen LogP contribution in [0.3, 0.4) is 0 Å². The summed E-state index contributed by atoms with van der Waals surface area (Å²) >= 11 is 1.79. The van der Waals surface area contributed by atoms with Gasteiger partial charge in [-0.1, -0.05) is 90.0 Å². The van der Waals surface area contributed by atoms with Crippen LogP contribution >= 0.6 is 11.8 Å². The Labute approximate surface area is 166 Å². The fraction of sp³-hybridized carbons (Fsp3) is 0.250. The highest BCUT2D eigenvalue weighted by Gasteiger charge is 2.37. The van der Waals surface area contributed by atoms with Crippen molar-refractivity contribution in [3.8, 4) is 0 Å². The first-order valence-electron chi connectivity index (χ1n) is 9.26. The first-order chi connectivity index (χ1) is 13.1. The molecule has 1 atom stereocenters. The van der Waals surface area contributed by atoms with E-state index in [-0.39, 0.29) is 17.4 Å². The van der Waals surface area contributed by atoms with Crippen molar-refractivity contribution in [2.45, 2.75) is 24.6 Å². The van der Waals surface area contributed by atoms with Crippen LogP contribution in [0.4, 0.5) is 0 Å². The van der Waals surface area contributed by atoms with E-state index < -0.39 is 0 Å². The molecular formula is C24H27NOS. The second-order valence-electron chi connectivity index (χ2n) is 7.03. The minimum Gasteiger partial charge on any atom is -0.395 e. The smallest absolute Gasteiger partial charge is 0.0907 e. The Morgan fingerprint density at radius 2 is 1.22 bits per heavy atom. The second-order valence-corrected chi connectivity index (χ2v) is 8.27. The number of aliphatic hydroxyl groups excluding tert-OH is 1. The maximum absolute atomic E-state index is 9.48. The number of thioether (sulfide) groups is 1. The summed E-state index contributed by atoms with van der Waals surface area (Å²) in [6, 6.07) is 27.8. The van der Waals surface area contributed by atoms with Crippen molar-refractivity contribution >= 4 is 11.8 Å². The van der Waals surface area contributed by atoms with Gasteiger partial charge in [-0.15, -0.1) is 11.8 Å². The molecule has 3 aromatic rings. The maximum Gasteiger partial charge on any atom is 0.0907 e. The average molecular weight is 378 g/mol. The number of nitrogens with two attached hydrogens (primary N) is 1. The first-order valence-corrected chi connectivity index (χ1v) is 10.2. The minimum atomic E-state index is -0.380. The molecule has 0 aliphatic heterocycles. The highest BCUT2D eigenvalue weighted by Crippen LogP contribution is 2.48. The standard InChI is InChI=1S/C24H27NOS/c1-18-8-12-21(13-9-18)24(27-17-23(25)16-26,20-6-4-3-5-7-20)22-14-10-19(2)11-15-22/h3-15,23,26H,16-17,25H2,1-2H3/t23-/m1/s1. The molecule has 0 bridgehead atoms. The minimum absolute atomic E-state index is 0.0142. The fourth-order valence-corrected chi connectivity index (χ4v) is 4.76. The third kappa shape index (κ3) is 4.27. The van der Waals surface area contributed by atoms with E-state index in [1.807, 2.05) is 6.07 Å². The molecule has 3 aromatic carbocycles. The molecule has 0 aliphatic carbocycles. The summed E-state index contributed by atoms with van der Waals surface area (Å²) in [4.78, 5) is 0. The summed E-state index contributed by atoms with van der Waals surface area (Å²) in [5.74, 6) is 0.660. The van der Waals surface area contributed by atoms with E-state index in [4.69, 9.17) is 5.73 Å². The Morgan fingerprint density at radius 3 is 1.67 bits per heavy atom. The Morgan fingerprint density at radius 1 is 0.778 bits per heavy atom. The zero-order chi connectivity index (χ0) is 19.3. The SMILES string of the molecule is Cc1ccc(C(SC[C@H](N)CO)(c2ccccc2)c2ccc(C)cc2)cc1. The number of aliphatic hydroxyl groups is 1. The van der Waals surface area contributed by atoms with Crippen LogP contribution in [0.1, 0.15) is 27.8 Å². The Balaban J connectivity index is 2.23. The molecule has 3 rings (SSSR count). The molecule has 140 valence electrons. The number of hydrogen-bond donors (Lipinski definition) is 2. The fourth-order valence-electron chi connectivity index (χ4n) is 3.28. The average Bonchev–Trinajstić information content (AvgIpc) is 2.71. The van der Waals surface area contributed by atoms with Gasteiger partial charge in [0.1, 0.15) is 0 Å². The van der Waals surface area contributed by atoms with E-state index in [1.165, 1.54) is 27.8 Å². The van der Waals surface area contributed by atoms with Crippen LogP contribution in [0.2, 0.25) is 0 Å². The lowest BCUT2D eigenvalue weighted by atomic mass is 9.83. The molecule has 0 saturated heterocycles. The number of benzene rings is 3. The zero-order valence-electron chi connectivity index (χ0n) is 15.9. The van der Waals surface area contributed by atoms with Crippen molar-refractivity contribution in [3.63, 3.8) is 0 Å². The molecule has 0 aliphatic rings. The number of hydrogen-bond acceptors (Lipinski definition) is 3. The number of aryl methyl sites for hydroxylation is 2. The van der Waals surface area contributed by atoms with Gasteiger partial charge >= 0.3 is 0 Å². The summed E-state index contributed by atoms with van der Waals surface area (Å²) in [5, 5.41) is 9.48. The van der Waals surface area contributed by atoms with Gasteiger partial charge in [0.05, 0.1) is 11.4 Å². The summed E-state index contributed by atoms with van der Waals surface area (Å²) in [5.41, 5.74) is 12.2. The Kier molecular flexibility index (Phi) is 6.38. The Bertz CT molecular complexity index is 798. The zero-order valence-corrected chi connectivity index (χ0v) is 16.7. The van der Waals surface area contributed by atoms with Gasteiger partial charge in [-0.3, -0.25) is 0 Å². The molecule has 0 spiro atoms. The van der Waals surface area contributed by atoms with E-state index in [2.05, 4.69) is 86.6 Å². The molecular weight excluding hydrogens is 350 g/mol. The van der Waals surface area contributed by atoms with E-state index >= 15 is 0 Å². The van der Waals surface area contributed by atoms with Gasteiger partial charge in [0, 0.05) is 11.8 Å². The Hall–Kier alpha value is -2.07. The van der Waals surface area contributed by atoms with Gasteiger partial charge in [-0.25, -0.2) is 0 Å². The molecule has 0 amide bonds. The van der Waals surface area contributed by atoms with Gasteiger partial charge in [-0.2, -0.15) is 0 Å². The van der Waals surface area contributed by atoms with Crippen LogP contribution in [0.25, 0.3) is 0 Å². The normalized spacial score (nSPS) is 12.7. The molecule has 2 nitrogen and oxygen atoms in total. The van der Waals surface area contributed by atoms with Crippen molar-refractivity contribution in [1.29, 1.82) is 0 Å². The summed E-state index contributed by atoms with van der Waals surface area (Å²) < 4.78 is -0.380. The lowest BCUT2D eigenvalue weighted by Gasteiger charge is -2.36. The van der Waals surface area contributed by atoms with E-state index in [1.54, 1.807) is 11.8 Å². The molecule has 0 radical (unpaired) electrons. The molecule has 0 saturated carbocycles. The lowest BCUT2D eigenvalue weighted by molar-refractivity contribution is 0.275. The van der Waals surface area contributed by atoms with Crippen LogP contribution < -0.4 is 5.73 Å². The van der Waals surface area contributed by atoms with E-state index in [0.717, 1.165) is 0 Å². The van der Waals surface area contributed by atoms with Gasteiger partial charge in [-0.05, 0) is 30.5 Å². The van der Waals surface area contributed by atoms with E-state index in [9.17, 15) is 5.11 Å². The highest BCUT2D eigenvalue weighted by atomic mass is 32.2. The first kappa shape index (κ1) is 19.7. The summed E-state index contributed by atoms with van der Waals surface area (Å²) in [6.45, 7) is 4.20. The molecule has 0 heterocycles. The lowest BCUT2D eigenvalue weighted by Crippen LogP contribution is -2.32. The monoisotopic (exact) mass is 377 g/mol. The maximum atomic E-state index is 9.48. The van der Waals surface area contributed by atoms with Crippen molar-refractivity contribution in [2.75, 3.05) is 12.4 Å². The molecule has 3 N–H and O–H groups in total. The van der Waals surface area contributed by atoms with E-state index in [0.29, 0.717) is 5.75 Å². The summed E-state index contributed by atoms with van der Waals surface area (Å²) in [6.07, 6.45) is 0. The van der Waals surface area contributed by atoms with Crippen LogP contribution in [-0.4, -0.2) is 23.5 Å². The highest BCUT2D eigenvalue weighted by molar-refractivity contribution is 8.00. The van der Waals surface area contributed by atoms with Crippen LogP contribution in [0, 0.1) is 13.8 Å². The molecule has 0 unspecified atom stereocenters. The van der Waals surface area contributed by atoms with Gasteiger partial charge in [0.25, 0.3) is 0 Å². The van der Waals surface area contributed by atoms with Crippen molar-refractivity contribution in [1.82, 2.24) is 0 Å². The van der Waals surface area contributed by atoms with Crippen molar-refractivity contribution < 1.29 is 5.11 Å². The quantitative estimate of drug-likeness (QED) is 0.589. The molecule has 0 fully saturated rings. The van der Waals surface area contributed by atoms with Crippen LogP contribution in [-0.2, 0) is 4.75 Å². The third-order valence-corrected chi connectivity index (χ3v) is 6.58. The third-order valence-electron chi connectivity index (χ3n) is 4.84. The summed E-state index contributed by atoms with van der Waals surface area (Å²) in [7, 11) is 0. The molecule has 27 heavy (non-hydrogen) atoms. The number of rotatable bonds is 7. The topological polar surface area (TPSA) is 46.2 Å². The van der Waals surface area contributed by atoms with Gasteiger partial charge in [0.15, 0.2) is 0 Å². The van der Waals surface area contributed by atoms with Gasteiger partial charge in [0.2, 0.25) is 0 Å². The predicted octanol–water partition coefficient (Wildman–Crippen LogP) is 4.65. The second kappa shape index (κ2) is 8.75. The predicted molar refractivity (Wildman–Crippen MR) is 116 cm³/mol. The van der Waals surface area contributed by atoms with Crippen molar-refractivity contribution in [2.24, 2.45) is 5.73 Å². The van der Waals surface area contributed by atoms with Gasteiger partial charge < -0.3 is 10.8 Å².